The van der Waals surface area contributed by atoms with Crippen molar-refractivity contribution >= 4 is 17.6 Å². The number of nitrogens with one attached hydrogen (secondary N) is 2. The first kappa shape index (κ1) is 19.8. The highest BCUT2D eigenvalue weighted by atomic mass is 16.5. The van der Waals surface area contributed by atoms with Crippen molar-refractivity contribution in [2.24, 2.45) is 0 Å². The van der Waals surface area contributed by atoms with Crippen LogP contribution in [0.25, 0.3) is 0 Å². The Morgan fingerprint density at radius 3 is 2.50 bits per heavy atom. The molecule has 0 spiro atoms. The number of rotatable bonds is 7. The van der Waals surface area contributed by atoms with Gasteiger partial charge in [0.2, 0.25) is 5.91 Å². The maximum atomic E-state index is 12.3. The van der Waals surface area contributed by atoms with Crippen LogP contribution in [0.2, 0.25) is 0 Å². The molecule has 4 N–H and O–H groups in total. The molecule has 0 unspecified atom stereocenters. The third-order valence-electron chi connectivity index (χ3n) is 4.25. The summed E-state index contributed by atoms with van der Waals surface area (Å²) in [4.78, 5) is 25.9. The molecule has 1 heterocycles. The van der Waals surface area contributed by atoms with E-state index < -0.39 is 30.8 Å². The lowest BCUT2D eigenvalue weighted by molar-refractivity contribution is -0.117. The number of hydrogen-bond donors (Lipinski definition) is 4. The van der Waals surface area contributed by atoms with Gasteiger partial charge in [0.1, 0.15) is 0 Å². The summed E-state index contributed by atoms with van der Waals surface area (Å²) in [5.41, 5.74) is -0.483. The molecule has 1 aliphatic rings. The van der Waals surface area contributed by atoms with E-state index in [9.17, 15) is 19.8 Å². The summed E-state index contributed by atoms with van der Waals surface area (Å²) in [6, 6.07) is 4.21. The number of anilines is 1. The summed E-state index contributed by atoms with van der Waals surface area (Å²) < 4.78 is 10.4. The minimum absolute atomic E-state index is 0.130. The summed E-state index contributed by atoms with van der Waals surface area (Å²) in [6.07, 6.45) is 0.150. The first-order chi connectivity index (χ1) is 12.4. The Morgan fingerprint density at radius 1 is 1.27 bits per heavy atom. The molecular weight excluding hydrogens is 342 g/mol. The van der Waals surface area contributed by atoms with E-state index >= 15 is 0 Å². The zero-order valence-electron chi connectivity index (χ0n) is 15.1. The number of carbonyl (C=O) groups excluding carboxylic acids is 2. The zero-order chi connectivity index (χ0) is 19.3. The molecule has 1 saturated heterocycles. The first-order valence-electron chi connectivity index (χ1n) is 8.18. The van der Waals surface area contributed by atoms with Crippen molar-refractivity contribution in [3.63, 3.8) is 0 Å². The van der Waals surface area contributed by atoms with Crippen LogP contribution in [-0.4, -0.2) is 67.7 Å². The second-order valence-corrected chi connectivity index (χ2v) is 6.42. The van der Waals surface area contributed by atoms with Gasteiger partial charge in [0.05, 0.1) is 39.0 Å². The minimum Gasteiger partial charge on any atom is -0.493 e. The molecule has 0 aliphatic carbocycles. The molecule has 0 aromatic heterocycles. The molecule has 1 atom stereocenters. The highest BCUT2D eigenvalue weighted by Gasteiger charge is 2.33. The number of benzene rings is 1. The Labute approximate surface area is 151 Å². The molecule has 1 aliphatic heterocycles. The number of carbonyl (C=O) groups is 2. The number of aliphatic hydroxyl groups excluding tert-OH is 2. The average Bonchev–Trinajstić information content (AvgIpc) is 3.00. The van der Waals surface area contributed by atoms with Gasteiger partial charge in [-0.15, -0.1) is 0 Å². The van der Waals surface area contributed by atoms with Gasteiger partial charge in [-0.05, 0) is 19.1 Å². The van der Waals surface area contributed by atoms with Crippen molar-refractivity contribution in [1.82, 2.24) is 10.6 Å². The molecular formula is C17H25N3O6. The maximum absolute atomic E-state index is 12.3. The van der Waals surface area contributed by atoms with E-state index in [-0.39, 0.29) is 12.3 Å². The van der Waals surface area contributed by atoms with E-state index in [4.69, 9.17) is 9.47 Å². The minimum atomic E-state index is -1.13. The Balaban J connectivity index is 2.03. The molecule has 0 bridgehead atoms. The largest absolute Gasteiger partial charge is 0.493 e. The van der Waals surface area contributed by atoms with Gasteiger partial charge in [0, 0.05) is 24.7 Å². The number of methoxy groups -OCH3 is 2. The van der Waals surface area contributed by atoms with Gasteiger partial charge in [-0.3, -0.25) is 4.79 Å². The Bertz CT molecular complexity index is 662. The third-order valence-corrected chi connectivity index (χ3v) is 4.25. The van der Waals surface area contributed by atoms with E-state index in [1.165, 1.54) is 21.1 Å². The number of amides is 3. The van der Waals surface area contributed by atoms with Crippen LogP contribution in [0, 0.1) is 0 Å². The van der Waals surface area contributed by atoms with Crippen LogP contribution in [0.1, 0.15) is 13.3 Å². The number of aliphatic hydroxyl groups is 2. The predicted molar refractivity (Wildman–Crippen MR) is 94.5 cm³/mol. The Kier molecular flexibility index (Phi) is 6.27. The summed E-state index contributed by atoms with van der Waals surface area (Å²) in [7, 11) is 3.05. The highest BCUT2D eigenvalue weighted by Crippen LogP contribution is 2.33. The molecule has 0 radical (unpaired) electrons. The predicted octanol–water partition coefficient (Wildman–Crippen LogP) is -0.148. The van der Waals surface area contributed by atoms with Gasteiger partial charge in [-0.2, -0.15) is 0 Å². The molecule has 9 nitrogen and oxygen atoms in total. The summed E-state index contributed by atoms with van der Waals surface area (Å²) in [5, 5.41) is 23.7. The van der Waals surface area contributed by atoms with Crippen molar-refractivity contribution in [1.29, 1.82) is 0 Å². The third kappa shape index (κ3) is 4.36. The normalized spacial score (nSPS) is 17.2. The van der Waals surface area contributed by atoms with Crippen molar-refractivity contribution in [3.05, 3.63) is 18.2 Å². The van der Waals surface area contributed by atoms with Gasteiger partial charge in [0.25, 0.3) is 0 Å². The van der Waals surface area contributed by atoms with E-state index in [2.05, 4.69) is 10.6 Å². The lowest BCUT2D eigenvalue weighted by Crippen LogP contribution is -2.56. The quantitative estimate of drug-likeness (QED) is 0.532. The average molecular weight is 367 g/mol. The van der Waals surface area contributed by atoms with Gasteiger partial charge < -0.3 is 35.2 Å². The van der Waals surface area contributed by atoms with Crippen LogP contribution < -0.4 is 25.0 Å². The monoisotopic (exact) mass is 367 g/mol. The second kappa shape index (κ2) is 8.24. The zero-order valence-corrected chi connectivity index (χ0v) is 15.1. The fraction of sp³-hybridized carbons (Fsp3) is 0.529. The van der Waals surface area contributed by atoms with Crippen LogP contribution >= 0.6 is 0 Å². The molecule has 1 fully saturated rings. The maximum Gasteiger partial charge on any atom is 0.315 e. The number of urea groups is 1. The lowest BCUT2D eigenvalue weighted by atomic mass is 10.1. The molecule has 9 heteroatoms. The molecule has 1 aromatic carbocycles. The fourth-order valence-electron chi connectivity index (χ4n) is 2.67. The van der Waals surface area contributed by atoms with Crippen LogP contribution in [-0.2, 0) is 4.79 Å². The lowest BCUT2D eigenvalue weighted by Gasteiger charge is -2.27. The Morgan fingerprint density at radius 2 is 1.92 bits per heavy atom. The number of nitrogens with zero attached hydrogens (tertiary/aromatic N) is 1. The van der Waals surface area contributed by atoms with Gasteiger partial charge in [-0.1, -0.05) is 0 Å². The van der Waals surface area contributed by atoms with E-state index in [1.807, 2.05) is 0 Å². The molecule has 3 amide bonds. The van der Waals surface area contributed by atoms with E-state index in [0.717, 1.165) is 0 Å². The Hall–Kier alpha value is -2.52. The molecule has 2 rings (SSSR count). The summed E-state index contributed by atoms with van der Waals surface area (Å²) in [5.74, 6) is 0.937. The topological polar surface area (TPSA) is 120 Å². The summed E-state index contributed by atoms with van der Waals surface area (Å²) in [6.45, 7) is 1.01. The smallest absolute Gasteiger partial charge is 0.315 e. The molecule has 1 aromatic rings. The SMILES string of the molecule is COc1ccc(N2C[C@@H](NC(=O)NC(C)(CO)CO)CC2=O)cc1OC. The van der Waals surface area contributed by atoms with Gasteiger partial charge >= 0.3 is 6.03 Å². The van der Waals surface area contributed by atoms with E-state index in [0.29, 0.717) is 23.7 Å². The van der Waals surface area contributed by atoms with Crippen LogP contribution in [0.4, 0.5) is 10.5 Å². The standard InChI is InChI=1S/C17H25N3O6/c1-17(9-21,10-22)19-16(24)18-11-6-15(23)20(8-11)12-4-5-13(25-2)14(7-12)26-3/h4-5,7,11,21-22H,6,8-10H2,1-3H3,(H2,18,19,24)/t11-/m0/s1. The van der Waals surface area contributed by atoms with Crippen molar-refractivity contribution in [2.75, 3.05) is 38.9 Å². The summed E-state index contributed by atoms with van der Waals surface area (Å²) >= 11 is 0. The van der Waals surface area contributed by atoms with Crippen LogP contribution in [0.15, 0.2) is 18.2 Å². The fourth-order valence-corrected chi connectivity index (χ4v) is 2.67. The first-order valence-corrected chi connectivity index (χ1v) is 8.18. The van der Waals surface area contributed by atoms with Gasteiger partial charge in [-0.25, -0.2) is 4.79 Å². The molecule has 26 heavy (non-hydrogen) atoms. The van der Waals surface area contributed by atoms with E-state index in [1.54, 1.807) is 23.1 Å². The van der Waals surface area contributed by atoms with Gasteiger partial charge in [0.15, 0.2) is 11.5 Å². The molecule has 144 valence electrons. The van der Waals surface area contributed by atoms with Crippen molar-refractivity contribution in [2.45, 2.75) is 24.9 Å². The highest BCUT2D eigenvalue weighted by molar-refractivity contribution is 5.97. The molecule has 0 saturated carbocycles. The van der Waals surface area contributed by atoms with Crippen LogP contribution in [0.3, 0.4) is 0 Å². The van der Waals surface area contributed by atoms with Crippen molar-refractivity contribution in [3.8, 4) is 11.5 Å². The number of hydrogen-bond acceptors (Lipinski definition) is 6. The van der Waals surface area contributed by atoms with Crippen LogP contribution in [0.5, 0.6) is 11.5 Å². The number of ether oxygens (including phenoxy) is 2. The van der Waals surface area contributed by atoms with Crippen molar-refractivity contribution < 1.29 is 29.3 Å². The second-order valence-electron chi connectivity index (χ2n) is 6.42.